The van der Waals surface area contributed by atoms with Crippen LogP contribution in [0.25, 0.3) is 0 Å². The van der Waals surface area contributed by atoms with Crippen molar-refractivity contribution in [3.8, 4) is 5.75 Å². The maximum Gasteiger partial charge on any atom is 0.224 e. The number of phenols is 1. The van der Waals surface area contributed by atoms with Crippen LogP contribution in [0.4, 0.5) is 10.1 Å². The Balaban J connectivity index is 2.48. The lowest BCUT2D eigenvalue weighted by Gasteiger charge is -2.09. The third-order valence-electron chi connectivity index (χ3n) is 2.50. The van der Waals surface area contributed by atoms with Crippen molar-refractivity contribution in [1.82, 2.24) is 0 Å². The number of phenolic OH excluding ortho intramolecular Hbond substituents is 1. The quantitative estimate of drug-likeness (QED) is 0.687. The summed E-state index contributed by atoms with van der Waals surface area (Å²) in [6, 6.07) is 3.73. The number of anilines is 1. The number of amides is 1. The minimum atomic E-state index is -0.752. The van der Waals surface area contributed by atoms with Gasteiger partial charge in [0.1, 0.15) is 0 Å². The molecule has 4 nitrogen and oxygen atoms in total. The van der Waals surface area contributed by atoms with Crippen LogP contribution < -0.4 is 11.1 Å². The van der Waals surface area contributed by atoms with Crippen LogP contribution in [0, 0.1) is 11.7 Å². The largest absolute Gasteiger partial charge is 0.505 e. The lowest BCUT2D eigenvalue weighted by molar-refractivity contribution is -0.116. The van der Waals surface area contributed by atoms with E-state index >= 15 is 0 Å². The number of hydrogen-bond acceptors (Lipinski definition) is 3. The molecule has 4 N–H and O–H groups in total. The summed E-state index contributed by atoms with van der Waals surface area (Å²) in [5.74, 6) is -1.08. The fraction of sp³-hybridized carbons (Fsp3) is 0.417. The van der Waals surface area contributed by atoms with Gasteiger partial charge in [-0.25, -0.2) is 4.39 Å². The second kappa shape index (κ2) is 6.20. The zero-order chi connectivity index (χ0) is 12.8. The first-order valence-electron chi connectivity index (χ1n) is 5.51. The highest BCUT2D eigenvalue weighted by atomic mass is 19.1. The Kier molecular flexibility index (Phi) is 4.90. The van der Waals surface area contributed by atoms with E-state index in [9.17, 15) is 9.18 Å². The maximum absolute atomic E-state index is 13.0. The number of carbonyl (C=O) groups excluding carboxylic acids is 1. The van der Waals surface area contributed by atoms with Crippen LogP contribution in [0.3, 0.4) is 0 Å². The van der Waals surface area contributed by atoms with Gasteiger partial charge in [-0.3, -0.25) is 4.79 Å². The summed E-state index contributed by atoms with van der Waals surface area (Å²) in [6.07, 6.45) is 1.05. The molecule has 17 heavy (non-hydrogen) atoms. The smallest absolute Gasteiger partial charge is 0.224 e. The van der Waals surface area contributed by atoms with Gasteiger partial charge in [0, 0.05) is 18.2 Å². The SMILES string of the molecule is CC(CN)CCC(=O)Nc1ccc(O)c(F)c1. The van der Waals surface area contributed by atoms with Crippen molar-refractivity contribution < 1.29 is 14.3 Å². The van der Waals surface area contributed by atoms with Gasteiger partial charge < -0.3 is 16.2 Å². The average molecular weight is 240 g/mol. The monoisotopic (exact) mass is 240 g/mol. The summed E-state index contributed by atoms with van der Waals surface area (Å²) in [7, 11) is 0. The summed E-state index contributed by atoms with van der Waals surface area (Å²) in [6.45, 7) is 2.51. The number of nitrogens with one attached hydrogen (secondary N) is 1. The molecular weight excluding hydrogens is 223 g/mol. The minimum Gasteiger partial charge on any atom is -0.505 e. The summed E-state index contributed by atoms with van der Waals surface area (Å²) in [5.41, 5.74) is 5.78. The van der Waals surface area contributed by atoms with Crippen LogP contribution in [0.15, 0.2) is 18.2 Å². The summed E-state index contributed by atoms with van der Waals surface area (Å²) in [4.78, 5) is 11.5. The second-order valence-electron chi connectivity index (χ2n) is 4.09. The van der Waals surface area contributed by atoms with Gasteiger partial charge in [-0.2, -0.15) is 0 Å². The summed E-state index contributed by atoms with van der Waals surface area (Å²) in [5, 5.41) is 11.5. The van der Waals surface area contributed by atoms with Crippen molar-refractivity contribution in [2.45, 2.75) is 19.8 Å². The van der Waals surface area contributed by atoms with E-state index < -0.39 is 11.6 Å². The first-order valence-corrected chi connectivity index (χ1v) is 5.51. The molecule has 1 aromatic rings. The number of hydrogen-bond donors (Lipinski definition) is 3. The van der Waals surface area contributed by atoms with Gasteiger partial charge in [0.2, 0.25) is 5.91 Å². The molecule has 1 unspecified atom stereocenters. The van der Waals surface area contributed by atoms with Gasteiger partial charge in [-0.15, -0.1) is 0 Å². The molecule has 0 heterocycles. The van der Waals surface area contributed by atoms with Gasteiger partial charge >= 0.3 is 0 Å². The lowest BCUT2D eigenvalue weighted by atomic mass is 10.1. The van der Waals surface area contributed by atoms with E-state index in [1.165, 1.54) is 12.1 Å². The molecule has 0 saturated carbocycles. The molecule has 0 fully saturated rings. The Hall–Kier alpha value is -1.62. The third kappa shape index (κ3) is 4.40. The average Bonchev–Trinajstić information content (AvgIpc) is 2.31. The van der Waals surface area contributed by atoms with E-state index in [4.69, 9.17) is 10.8 Å². The van der Waals surface area contributed by atoms with Crippen LogP contribution in [0.2, 0.25) is 0 Å². The van der Waals surface area contributed by atoms with Crippen LogP contribution in [-0.2, 0) is 4.79 Å². The van der Waals surface area contributed by atoms with Crippen molar-refractivity contribution in [1.29, 1.82) is 0 Å². The van der Waals surface area contributed by atoms with Crippen LogP contribution in [0.5, 0.6) is 5.75 Å². The van der Waals surface area contributed by atoms with E-state index in [2.05, 4.69) is 5.32 Å². The Morgan fingerprint density at radius 2 is 2.29 bits per heavy atom. The van der Waals surface area contributed by atoms with Crippen molar-refractivity contribution in [3.05, 3.63) is 24.0 Å². The van der Waals surface area contributed by atoms with Gasteiger partial charge in [0.15, 0.2) is 11.6 Å². The molecule has 0 bridgehead atoms. The zero-order valence-corrected chi connectivity index (χ0v) is 9.74. The first kappa shape index (κ1) is 13.4. The van der Waals surface area contributed by atoms with E-state index in [1.807, 2.05) is 6.92 Å². The van der Waals surface area contributed by atoms with Crippen molar-refractivity contribution in [2.24, 2.45) is 11.7 Å². The van der Waals surface area contributed by atoms with Gasteiger partial charge in [-0.05, 0) is 31.0 Å². The highest BCUT2D eigenvalue weighted by Gasteiger charge is 2.07. The third-order valence-corrected chi connectivity index (χ3v) is 2.50. The molecule has 0 aromatic heterocycles. The van der Waals surface area contributed by atoms with E-state index in [0.717, 1.165) is 6.07 Å². The summed E-state index contributed by atoms with van der Waals surface area (Å²) >= 11 is 0. The Morgan fingerprint density at radius 1 is 1.59 bits per heavy atom. The topological polar surface area (TPSA) is 75.4 Å². The molecule has 1 rings (SSSR count). The van der Waals surface area contributed by atoms with E-state index in [1.54, 1.807) is 0 Å². The van der Waals surface area contributed by atoms with E-state index in [0.29, 0.717) is 25.1 Å². The molecular formula is C12H17FN2O2. The molecule has 1 atom stereocenters. The highest BCUT2D eigenvalue weighted by molar-refractivity contribution is 5.90. The fourth-order valence-corrected chi connectivity index (χ4v) is 1.30. The molecule has 1 amide bonds. The first-order chi connectivity index (χ1) is 8.02. The fourth-order valence-electron chi connectivity index (χ4n) is 1.30. The van der Waals surface area contributed by atoms with Crippen LogP contribution in [-0.4, -0.2) is 17.6 Å². The Bertz CT molecular complexity index is 396. The molecule has 0 spiro atoms. The van der Waals surface area contributed by atoms with Crippen molar-refractivity contribution >= 4 is 11.6 Å². The zero-order valence-electron chi connectivity index (χ0n) is 9.74. The molecule has 0 aliphatic carbocycles. The molecule has 0 radical (unpaired) electrons. The Morgan fingerprint density at radius 3 is 2.88 bits per heavy atom. The normalized spacial score (nSPS) is 12.2. The highest BCUT2D eigenvalue weighted by Crippen LogP contribution is 2.19. The van der Waals surface area contributed by atoms with Gasteiger partial charge in [-0.1, -0.05) is 6.92 Å². The van der Waals surface area contributed by atoms with Crippen LogP contribution >= 0.6 is 0 Å². The number of rotatable bonds is 5. The molecule has 0 aliphatic rings. The van der Waals surface area contributed by atoms with Crippen molar-refractivity contribution in [2.75, 3.05) is 11.9 Å². The number of halogens is 1. The van der Waals surface area contributed by atoms with Gasteiger partial charge in [0.05, 0.1) is 0 Å². The lowest BCUT2D eigenvalue weighted by Crippen LogP contribution is -2.16. The van der Waals surface area contributed by atoms with Crippen LogP contribution in [0.1, 0.15) is 19.8 Å². The number of aromatic hydroxyl groups is 1. The maximum atomic E-state index is 13.0. The van der Waals surface area contributed by atoms with E-state index in [-0.39, 0.29) is 11.8 Å². The molecule has 0 aliphatic heterocycles. The Labute approximate surface area is 99.6 Å². The predicted octanol–water partition coefficient (Wildman–Crippen LogP) is 1.84. The standard InChI is InChI=1S/C12H17FN2O2/c1-8(7-14)2-5-12(17)15-9-3-4-11(16)10(13)6-9/h3-4,6,8,16H,2,5,7,14H2,1H3,(H,15,17). The number of nitrogens with two attached hydrogens (primary N) is 1. The number of benzene rings is 1. The number of carbonyl (C=O) groups is 1. The minimum absolute atomic E-state index is 0.185. The summed E-state index contributed by atoms with van der Waals surface area (Å²) < 4.78 is 13.0. The van der Waals surface area contributed by atoms with Crippen molar-refractivity contribution in [3.63, 3.8) is 0 Å². The van der Waals surface area contributed by atoms with Gasteiger partial charge in [0.25, 0.3) is 0 Å². The molecule has 0 saturated heterocycles. The second-order valence-corrected chi connectivity index (χ2v) is 4.09. The predicted molar refractivity (Wildman–Crippen MR) is 64.1 cm³/mol. The molecule has 94 valence electrons. The molecule has 1 aromatic carbocycles. The molecule has 5 heteroatoms.